The average Bonchev–Trinajstić information content (AvgIpc) is 3.09. The SMILES string of the molecule is C1=CCN=C1.C1=CN=CC1.C1=NN=CC1. The van der Waals surface area contributed by atoms with Gasteiger partial charge in [0.2, 0.25) is 0 Å². The molecule has 0 fully saturated rings. The van der Waals surface area contributed by atoms with Gasteiger partial charge in [-0.3, -0.25) is 9.98 Å². The van der Waals surface area contributed by atoms with E-state index in [4.69, 9.17) is 0 Å². The highest BCUT2D eigenvalue weighted by atomic mass is 15.2. The summed E-state index contributed by atoms with van der Waals surface area (Å²) in [5.74, 6) is 0. The lowest BCUT2D eigenvalue weighted by molar-refractivity contribution is 1.29. The fraction of sp³-hybridized carbons (Fsp3) is 0.273. The Hall–Kier alpha value is -1.84. The van der Waals surface area contributed by atoms with Gasteiger partial charge in [0.25, 0.3) is 0 Å². The molecule has 0 aromatic heterocycles. The molecule has 0 aliphatic carbocycles. The molecule has 4 nitrogen and oxygen atoms in total. The lowest BCUT2D eigenvalue weighted by Crippen LogP contribution is -1.60. The van der Waals surface area contributed by atoms with Crippen molar-refractivity contribution < 1.29 is 0 Å². The lowest BCUT2D eigenvalue weighted by atomic mass is 10.5. The summed E-state index contributed by atoms with van der Waals surface area (Å²) in [6, 6.07) is 0. The van der Waals surface area contributed by atoms with Gasteiger partial charge in [-0.15, -0.1) is 0 Å². The van der Waals surface area contributed by atoms with Gasteiger partial charge in [0, 0.05) is 43.9 Å². The van der Waals surface area contributed by atoms with Gasteiger partial charge < -0.3 is 0 Å². The maximum atomic E-state index is 3.85. The molecular formula is C11H14N4. The van der Waals surface area contributed by atoms with E-state index in [9.17, 15) is 0 Å². The molecular weight excluding hydrogens is 188 g/mol. The number of aliphatic imine (C=N–C) groups is 2. The Labute approximate surface area is 89.6 Å². The van der Waals surface area contributed by atoms with E-state index < -0.39 is 0 Å². The predicted molar refractivity (Wildman–Crippen MR) is 66.3 cm³/mol. The Balaban J connectivity index is 0.000000112. The van der Waals surface area contributed by atoms with Gasteiger partial charge in [0.05, 0.1) is 6.54 Å². The van der Waals surface area contributed by atoms with E-state index in [1.165, 1.54) is 0 Å². The van der Waals surface area contributed by atoms with Crippen molar-refractivity contribution in [1.82, 2.24) is 0 Å². The van der Waals surface area contributed by atoms with Crippen LogP contribution < -0.4 is 0 Å². The van der Waals surface area contributed by atoms with Crippen LogP contribution in [0.5, 0.6) is 0 Å². The molecule has 0 aromatic rings. The summed E-state index contributed by atoms with van der Waals surface area (Å²) in [6.07, 6.45) is 16.9. The summed E-state index contributed by atoms with van der Waals surface area (Å²) in [5, 5.41) is 7.06. The first-order chi connectivity index (χ1) is 7.50. The van der Waals surface area contributed by atoms with Crippen LogP contribution in [0, 0.1) is 0 Å². The summed E-state index contributed by atoms with van der Waals surface area (Å²) < 4.78 is 0. The molecule has 0 saturated heterocycles. The van der Waals surface area contributed by atoms with Crippen LogP contribution >= 0.6 is 0 Å². The van der Waals surface area contributed by atoms with Gasteiger partial charge >= 0.3 is 0 Å². The summed E-state index contributed by atoms with van der Waals surface area (Å²) >= 11 is 0. The summed E-state index contributed by atoms with van der Waals surface area (Å²) in [5.41, 5.74) is 0. The number of allylic oxidation sites excluding steroid dienone is 2. The first kappa shape index (κ1) is 11.2. The number of rotatable bonds is 0. The molecule has 0 radical (unpaired) electrons. The molecule has 0 unspecified atom stereocenters. The minimum atomic E-state index is 0.889. The van der Waals surface area contributed by atoms with Crippen molar-refractivity contribution in [3.63, 3.8) is 0 Å². The lowest BCUT2D eigenvalue weighted by Gasteiger charge is -1.60. The molecule has 0 aromatic carbocycles. The molecule has 78 valence electrons. The normalized spacial score (nSPS) is 17.6. The van der Waals surface area contributed by atoms with Gasteiger partial charge in [0.15, 0.2) is 0 Å². The second-order valence-corrected chi connectivity index (χ2v) is 2.73. The highest BCUT2D eigenvalue weighted by Gasteiger charge is 1.75. The molecule has 4 heteroatoms. The van der Waals surface area contributed by atoms with Gasteiger partial charge in [-0.05, 0) is 6.08 Å². The van der Waals surface area contributed by atoms with Gasteiger partial charge in [-0.2, -0.15) is 10.2 Å². The zero-order valence-electron chi connectivity index (χ0n) is 8.53. The number of hydrogen-bond acceptors (Lipinski definition) is 4. The number of nitrogens with zero attached hydrogens (tertiary/aromatic N) is 4. The second-order valence-electron chi connectivity index (χ2n) is 2.73. The summed E-state index contributed by atoms with van der Waals surface area (Å²) in [6.45, 7) is 0.889. The van der Waals surface area contributed by atoms with Gasteiger partial charge in [0.1, 0.15) is 0 Å². The van der Waals surface area contributed by atoms with Crippen molar-refractivity contribution in [3.8, 4) is 0 Å². The highest BCUT2D eigenvalue weighted by molar-refractivity contribution is 5.82. The molecule has 0 spiro atoms. The molecule has 0 bridgehead atoms. The van der Waals surface area contributed by atoms with Gasteiger partial charge in [-0.25, -0.2) is 0 Å². The third kappa shape index (κ3) is 7.25. The topological polar surface area (TPSA) is 49.4 Å². The van der Waals surface area contributed by atoms with Crippen LogP contribution in [0.4, 0.5) is 0 Å². The maximum Gasteiger partial charge on any atom is 0.0573 e. The van der Waals surface area contributed by atoms with E-state index in [1.807, 2.05) is 24.4 Å². The Kier molecular flexibility index (Phi) is 6.55. The van der Waals surface area contributed by atoms with Crippen LogP contribution in [0.1, 0.15) is 12.8 Å². The Morgan fingerprint density at radius 3 is 1.93 bits per heavy atom. The standard InChI is InChI=1S/2C4H5N.C3H4N2/c3*1-2-4-5-3-1/h1,3-4H,2H2;1-3H,4H2;2-3H,1H2. The summed E-state index contributed by atoms with van der Waals surface area (Å²) in [4.78, 5) is 7.62. The van der Waals surface area contributed by atoms with Crippen molar-refractivity contribution >= 4 is 24.9 Å². The van der Waals surface area contributed by atoms with E-state index in [2.05, 4.69) is 20.2 Å². The molecule has 15 heavy (non-hydrogen) atoms. The van der Waals surface area contributed by atoms with E-state index in [-0.39, 0.29) is 0 Å². The molecule has 3 heterocycles. The third-order valence-electron chi connectivity index (χ3n) is 1.52. The Morgan fingerprint density at radius 2 is 1.73 bits per heavy atom. The molecule has 3 aliphatic rings. The smallest absolute Gasteiger partial charge is 0.0573 e. The van der Waals surface area contributed by atoms with Crippen LogP contribution in [0.3, 0.4) is 0 Å². The molecule has 0 amide bonds. The first-order valence-electron chi connectivity index (χ1n) is 4.85. The van der Waals surface area contributed by atoms with Crippen molar-refractivity contribution in [2.75, 3.05) is 6.54 Å². The number of hydrogen-bond donors (Lipinski definition) is 0. The minimum Gasteiger partial charge on any atom is -0.289 e. The van der Waals surface area contributed by atoms with Crippen LogP contribution in [-0.2, 0) is 0 Å². The first-order valence-corrected chi connectivity index (χ1v) is 4.85. The summed E-state index contributed by atoms with van der Waals surface area (Å²) in [7, 11) is 0. The minimum absolute atomic E-state index is 0.889. The highest BCUT2D eigenvalue weighted by Crippen LogP contribution is 1.86. The zero-order chi connectivity index (χ0) is 10.6. The quantitative estimate of drug-likeness (QED) is 0.577. The monoisotopic (exact) mass is 202 g/mol. The fourth-order valence-corrected chi connectivity index (χ4v) is 0.844. The van der Waals surface area contributed by atoms with Crippen molar-refractivity contribution in [1.29, 1.82) is 0 Å². The van der Waals surface area contributed by atoms with E-state index in [0.29, 0.717) is 0 Å². The Bertz CT molecular complexity index is 239. The van der Waals surface area contributed by atoms with E-state index >= 15 is 0 Å². The molecule has 0 saturated carbocycles. The van der Waals surface area contributed by atoms with Crippen LogP contribution in [0.25, 0.3) is 0 Å². The van der Waals surface area contributed by atoms with Crippen molar-refractivity contribution in [2.24, 2.45) is 20.2 Å². The molecule has 3 aliphatic heterocycles. The fourth-order valence-electron chi connectivity index (χ4n) is 0.844. The predicted octanol–water partition coefficient (Wildman–Crippen LogP) is 2.05. The zero-order valence-corrected chi connectivity index (χ0v) is 8.53. The van der Waals surface area contributed by atoms with Crippen LogP contribution in [0.2, 0.25) is 0 Å². The van der Waals surface area contributed by atoms with Crippen molar-refractivity contribution in [3.05, 3.63) is 24.4 Å². The largest absolute Gasteiger partial charge is 0.289 e. The molecule has 3 rings (SSSR count). The molecule has 0 atom stereocenters. The van der Waals surface area contributed by atoms with Crippen molar-refractivity contribution in [2.45, 2.75) is 12.8 Å². The maximum absolute atomic E-state index is 3.85. The molecule has 0 N–H and O–H groups in total. The average molecular weight is 202 g/mol. The van der Waals surface area contributed by atoms with Gasteiger partial charge in [-0.1, -0.05) is 12.2 Å². The van der Waals surface area contributed by atoms with Crippen LogP contribution in [-0.4, -0.2) is 31.4 Å². The van der Waals surface area contributed by atoms with E-state index in [1.54, 1.807) is 24.8 Å². The second kappa shape index (κ2) is 8.74. The Morgan fingerprint density at radius 1 is 0.867 bits per heavy atom. The van der Waals surface area contributed by atoms with E-state index in [0.717, 1.165) is 19.4 Å². The third-order valence-corrected chi connectivity index (χ3v) is 1.52. The van der Waals surface area contributed by atoms with Crippen LogP contribution in [0.15, 0.2) is 44.6 Å².